The number of ether oxygens (including phenoxy) is 1. The largest absolute Gasteiger partial charge is 0.492 e. The fourth-order valence-corrected chi connectivity index (χ4v) is 2.00. The van der Waals surface area contributed by atoms with Crippen LogP contribution in [0.25, 0.3) is 0 Å². The molecule has 1 aromatic rings. The smallest absolute Gasteiger partial charge is 0.339 e. The lowest BCUT2D eigenvalue weighted by Crippen LogP contribution is -2.11. The summed E-state index contributed by atoms with van der Waals surface area (Å²) in [5.74, 6) is -0.0748. The van der Waals surface area contributed by atoms with E-state index in [1.165, 1.54) is 0 Å². The number of rotatable bonds is 5. The summed E-state index contributed by atoms with van der Waals surface area (Å²) in [6.45, 7) is 6.55. The summed E-state index contributed by atoms with van der Waals surface area (Å²) in [5, 5.41) is 9.14. The molecular formula is C13H17BrO3. The van der Waals surface area contributed by atoms with Crippen LogP contribution in [0.5, 0.6) is 5.75 Å². The summed E-state index contributed by atoms with van der Waals surface area (Å²) < 4.78 is 6.39. The average Bonchev–Trinajstić information content (AvgIpc) is 2.26. The van der Waals surface area contributed by atoms with Gasteiger partial charge in [0, 0.05) is 4.47 Å². The minimum atomic E-state index is -0.964. The van der Waals surface area contributed by atoms with Crippen molar-refractivity contribution in [3.05, 3.63) is 27.7 Å². The fraction of sp³-hybridized carbons (Fsp3) is 0.462. The Hall–Kier alpha value is -1.03. The molecule has 17 heavy (non-hydrogen) atoms. The first-order valence-corrected chi connectivity index (χ1v) is 6.41. The molecule has 3 nitrogen and oxygen atoms in total. The van der Waals surface area contributed by atoms with Crippen LogP contribution in [0.2, 0.25) is 0 Å². The predicted molar refractivity (Wildman–Crippen MR) is 70.8 cm³/mol. The quantitative estimate of drug-likeness (QED) is 0.897. The Balaban J connectivity index is 3.00. The van der Waals surface area contributed by atoms with Crippen LogP contribution >= 0.6 is 15.9 Å². The van der Waals surface area contributed by atoms with E-state index < -0.39 is 5.97 Å². The molecule has 0 saturated carbocycles. The molecule has 0 aliphatic rings. The molecule has 0 radical (unpaired) electrons. The first kappa shape index (κ1) is 14.0. The Morgan fingerprint density at radius 1 is 1.53 bits per heavy atom. The van der Waals surface area contributed by atoms with Crippen LogP contribution in [-0.4, -0.2) is 17.7 Å². The third-order valence-electron chi connectivity index (χ3n) is 2.68. The van der Waals surface area contributed by atoms with Crippen LogP contribution < -0.4 is 4.74 Å². The summed E-state index contributed by atoms with van der Waals surface area (Å²) in [6, 6.07) is 3.43. The zero-order valence-electron chi connectivity index (χ0n) is 10.3. The molecule has 0 heterocycles. The van der Waals surface area contributed by atoms with Crippen molar-refractivity contribution in [3.8, 4) is 5.75 Å². The lowest BCUT2D eigenvalue weighted by atomic mass is 10.1. The number of aromatic carboxylic acids is 1. The topological polar surface area (TPSA) is 46.5 Å². The molecule has 94 valence electrons. The standard InChI is InChI=1S/C13H17BrO3/c1-4-8(2)7-17-12-9(3)5-10(14)6-11(12)13(15)16/h5-6,8H,4,7H2,1-3H3,(H,15,16). The van der Waals surface area contributed by atoms with Gasteiger partial charge in [-0.15, -0.1) is 0 Å². The number of carboxylic acid groups (broad SMARTS) is 1. The monoisotopic (exact) mass is 300 g/mol. The average molecular weight is 301 g/mol. The number of carbonyl (C=O) groups is 1. The van der Waals surface area contributed by atoms with Crippen molar-refractivity contribution in [2.24, 2.45) is 5.92 Å². The highest BCUT2D eigenvalue weighted by Gasteiger charge is 2.15. The third-order valence-corrected chi connectivity index (χ3v) is 3.14. The molecule has 0 saturated heterocycles. The van der Waals surface area contributed by atoms with Crippen molar-refractivity contribution in [1.82, 2.24) is 0 Å². The second-order valence-electron chi connectivity index (χ2n) is 4.23. The maximum Gasteiger partial charge on any atom is 0.339 e. The van der Waals surface area contributed by atoms with Gasteiger partial charge in [-0.05, 0) is 30.5 Å². The number of halogens is 1. The molecule has 1 aromatic carbocycles. The number of benzene rings is 1. The van der Waals surface area contributed by atoms with Crippen LogP contribution in [0.1, 0.15) is 36.2 Å². The molecule has 0 aromatic heterocycles. The van der Waals surface area contributed by atoms with Gasteiger partial charge in [0.15, 0.2) is 0 Å². The Morgan fingerprint density at radius 3 is 2.71 bits per heavy atom. The van der Waals surface area contributed by atoms with Crippen LogP contribution in [-0.2, 0) is 0 Å². The molecule has 1 atom stereocenters. The first-order valence-electron chi connectivity index (χ1n) is 5.62. The van der Waals surface area contributed by atoms with Gasteiger partial charge in [-0.2, -0.15) is 0 Å². The summed E-state index contributed by atoms with van der Waals surface area (Å²) >= 11 is 3.29. The lowest BCUT2D eigenvalue weighted by Gasteiger charge is -2.15. The molecule has 0 fully saturated rings. The van der Waals surface area contributed by atoms with Gasteiger partial charge in [-0.25, -0.2) is 4.79 Å². The maximum absolute atomic E-state index is 11.1. The predicted octanol–water partition coefficient (Wildman–Crippen LogP) is 3.88. The number of hydrogen-bond donors (Lipinski definition) is 1. The minimum Gasteiger partial charge on any atom is -0.492 e. The van der Waals surface area contributed by atoms with E-state index >= 15 is 0 Å². The van der Waals surface area contributed by atoms with Crippen LogP contribution in [0.15, 0.2) is 16.6 Å². The Morgan fingerprint density at radius 2 is 2.18 bits per heavy atom. The third kappa shape index (κ3) is 3.73. The summed E-state index contributed by atoms with van der Waals surface area (Å²) in [4.78, 5) is 11.1. The van der Waals surface area contributed by atoms with Gasteiger partial charge in [-0.1, -0.05) is 36.2 Å². The van der Waals surface area contributed by atoms with E-state index in [9.17, 15) is 4.79 Å². The van der Waals surface area contributed by atoms with Gasteiger partial charge in [0.2, 0.25) is 0 Å². The van der Waals surface area contributed by atoms with E-state index in [1.54, 1.807) is 6.07 Å². The highest BCUT2D eigenvalue weighted by Crippen LogP contribution is 2.28. The summed E-state index contributed by atoms with van der Waals surface area (Å²) in [6.07, 6.45) is 1.01. The second kappa shape index (κ2) is 6.05. The van der Waals surface area contributed by atoms with Crippen molar-refractivity contribution >= 4 is 21.9 Å². The summed E-state index contributed by atoms with van der Waals surface area (Å²) in [5.41, 5.74) is 1.04. The van der Waals surface area contributed by atoms with E-state index in [-0.39, 0.29) is 5.56 Å². The molecule has 0 aliphatic heterocycles. The van der Waals surface area contributed by atoms with Crippen LogP contribution in [0, 0.1) is 12.8 Å². The maximum atomic E-state index is 11.1. The molecule has 0 aliphatic carbocycles. The van der Waals surface area contributed by atoms with Crippen molar-refractivity contribution in [2.75, 3.05) is 6.61 Å². The Bertz CT molecular complexity index is 415. The van der Waals surface area contributed by atoms with E-state index in [0.29, 0.717) is 18.3 Å². The highest BCUT2D eigenvalue weighted by molar-refractivity contribution is 9.10. The van der Waals surface area contributed by atoms with Crippen LogP contribution in [0.3, 0.4) is 0 Å². The highest BCUT2D eigenvalue weighted by atomic mass is 79.9. The first-order chi connectivity index (χ1) is 7.95. The van der Waals surface area contributed by atoms with E-state index in [4.69, 9.17) is 9.84 Å². The fourth-order valence-electron chi connectivity index (χ4n) is 1.42. The molecule has 4 heteroatoms. The van der Waals surface area contributed by atoms with E-state index in [0.717, 1.165) is 16.5 Å². The van der Waals surface area contributed by atoms with E-state index in [1.807, 2.05) is 13.0 Å². The lowest BCUT2D eigenvalue weighted by molar-refractivity contribution is 0.0691. The SMILES string of the molecule is CCC(C)COc1c(C)cc(Br)cc1C(=O)O. The van der Waals surface area contributed by atoms with Crippen molar-refractivity contribution in [1.29, 1.82) is 0 Å². The zero-order chi connectivity index (χ0) is 13.0. The van der Waals surface area contributed by atoms with Crippen molar-refractivity contribution in [2.45, 2.75) is 27.2 Å². The van der Waals surface area contributed by atoms with Crippen molar-refractivity contribution < 1.29 is 14.6 Å². The van der Waals surface area contributed by atoms with Crippen LogP contribution in [0.4, 0.5) is 0 Å². The normalized spacial score (nSPS) is 12.2. The van der Waals surface area contributed by atoms with E-state index in [2.05, 4.69) is 29.8 Å². The van der Waals surface area contributed by atoms with Crippen molar-refractivity contribution in [3.63, 3.8) is 0 Å². The molecule has 1 rings (SSSR count). The zero-order valence-corrected chi connectivity index (χ0v) is 11.9. The molecular weight excluding hydrogens is 284 g/mol. The molecule has 0 amide bonds. The van der Waals surface area contributed by atoms with Gasteiger partial charge >= 0.3 is 5.97 Å². The second-order valence-corrected chi connectivity index (χ2v) is 5.14. The van der Waals surface area contributed by atoms with Gasteiger partial charge in [0.05, 0.1) is 6.61 Å². The molecule has 0 spiro atoms. The van der Waals surface area contributed by atoms with Gasteiger partial charge in [0.25, 0.3) is 0 Å². The molecule has 1 unspecified atom stereocenters. The van der Waals surface area contributed by atoms with Gasteiger partial charge < -0.3 is 9.84 Å². The Labute approximate surface area is 110 Å². The Kier molecular flexibility index (Phi) is 5.00. The molecule has 0 bridgehead atoms. The summed E-state index contributed by atoms with van der Waals surface area (Å²) in [7, 11) is 0. The number of hydrogen-bond acceptors (Lipinski definition) is 2. The number of aryl methyl sites for hydroxylation is 1. The number of carboxylic acids is 1. The molecule has 1 N–H and O–H groups in total. The van der Waals surface area contributed by atoms with Gasteiger partial charge in [-0.3, -0.25) is 0 Å². The van der Waals surface area contributed by atoms with Gasteiger partial charge in [0.1, 0.15) is 11.3 Å². The minimum absolute atomic E-state index is 0.208.